The number of unbranched alkanes of at least 4 members (excludes halogenated alkanes) is 15. The molecule has 0 unspecified atom stereocenters. The molecular weight excluding hydrogens is 438 g/mol. The molecule has 1 aromatic carbocycles. The van der Waals surface area contributed by atoms with Gasteiger partial charge in [-0.3, -0.25) is 10.1 Å². The highest BCUT2D eigenvalue weighted by Gasteiger charge is 2.30. The minimum absolute atomic E-state index is 0.252. The first-order chi connectivity index (χ1) is 17.0. The molecule has 0 radical (unpaired) electrons. The van der Waals surface area contributed by atoms with Gasteiger partial charge in [0, 0.05) is 11.1 Å². The van der Waals surface area contributed by atoms with Crippen molar-refractivity contribution in [1.82, 2.24) is 0 Å². The third-order valence-corrected chi connectivity index (χ3v) is 7.27. The maximum absolute atomic E-state index is 12.0. The number of benzene rings is 1. The molecule has 0 saturated carbocycles. The monoisotopic (exact) mass is 491 g/mol. The van der Waals surface area contributed by atoms with Gasteiger partial charge >= 0.3 is 5.69 Å². The van der Waals surface area contributed by atoms with Crippen molar-refractivity contribution >= 4 is 5.69 Å². The third kappa shape index (κ3) is 11.7. The molecule has 1 aromatic rings. The molecule has 0 fully saturated rings. The number of phenolic OH excluding ortho intramolecular Hbond substituents is 2. The Kier molecular flexibility index (Phi) is 17.3. The average Bonchev–Trinajstić information content (AvgIpc) is 2.84. The van der Waals surface area contributed by atoms with Gasteiger partial charge in [-0.1, -0.05) is 117 Å². The molecule has 0 spiro atoms. The molecular formula is C30H53NO4. The Hall–Kier alpha value is -1.78. The van der Waals surface area contributed by atoms with E-state index in [1.165, 1.54) is 70.6 Å². The highest BCUT2D eigenvalue weighted by molar-refractivity contribution is 5.66. The molecule has 0 heterocycles. The van der Waals surface area contributed by atoms with Crippen LogP contribution in [0.15, 0.2) is 0 Å². The van der Waals surface area contributed by atoms with Gasteiger partial charge in [-0.2, -0.15) is 0 Å². The maximum Gasteiger partial charge on any atom is 0.318 e. The molecule has 1 rings (SSSR count). The van der Waals surface area contributed by atoms with Crippen molar-refractivity contribution in [3.8, 4) is 11.5 Å². The topological polar surface area (TPSA) is 83.6 Å². The molecule has 202 valence electrons. The zero-order valence-corrected chi connectivity index (χ0v) is 23.0. The Bertz CT molecular complexity index is 717. The van der Waals surface area contributed by atoms with E-state index < -0.39 is 10.7 Å². The normalized spacial score (nSPS) is 11.3. The predicted molar refractivity (Wildman–Crippen MR) is 148 cm³/mol. The lowest BCUT2D eigenvalue weighted by Crippen LogP contribution is -2.07. The zero-order valence-electron chi connectivity index (χ0n) is 23.0. The van der Waals surface area contributed by atoms with Crippen LogP contribution in [0.2, 0.25) is 0 Å². The summed E-state index contributed by atoms with van der Waals surface area (Å²) in [7, 11) is 0. The molecule has 0 aliphatic rings. The fourth-order valence-electron chi connectivity index (χ4n) is 5.15. The Labute approximate surface area is 214 Å². The van der Waals surface area contributed by atoms with Crippen LogP contribution in [0.25, 0.3) is 0 Å². The minimum atomic E-state index is -0.524. The summed E-state index contributed by atoms with van der Waals surface area (Å²) in [5, 5.41) is 33.5. The Morgan fingerprint density at radius 1 is 0.514 bits per heavy atom. The number of hydrogen-bond acceptors (Lipinski definition) is 4. The van der Waals surface area contributed by atoms with Crippen LogP contribution < -0.4 is 0 Å². The van der Waals surface area contributed by atoms with E-state index in [1.807, 2.05) is 0 Å². The summed E-state index contributed by atoms with van der Waals surface area (Å²) < 4.78 is 0. The summed E-state index contributed by atoms with van der Waals surface area (Å²) in [6.45, 7) is 6.61. The Balaban J connectivity index is 3.10. The van der Waals surface area contributed by atoms with Gasteiger partial charge in [-0.25, -0.2) is 0 Å². The van der Waals surface area contributed by atoms with E-state index in [4.69, 9.17) is 0 Å². The van der Waals surface area contributed by atoms with Gasteiger partial charge in [0.2, 0.25) is 5.75 Å². The van der Waals surface area contributed by atoms with Gasteiger partial charge in [0.15, 0.2) is 5.75 Å². The lowest BCUT2D eigenvalue weighted by molar-refractivity contribution is -0.386. The van der Waals surface area contributed by atoms with Crippen LogP contribution in [0, 0.1) is 10.1 Å². The predicted octanol–water partition coefficient (Wildman–Crippen LogP) is 9.71. The number of nitrogens with zero attached hydrogens (tertiary/aromatic N) is 1. The Morgan fingerprint density at radius 3 is 1.26 bits per heavy atom. The standard InChI is InChI=1S/C30H53NO4/c1-4-7-10-13-16-19-22-25-26(23-20-17-14-11-8-5-2)28(31(34)35)30(33)29(32)27(25)24-21-18-15-12-9-6-3/h32-33H,4-24H2,1-3H3. The molecule has 0 bridgehead atoms. The van der Waals surface area contributed by atoms with Crippen LogP contribution in [-0.2, 0) is 19.3 Å². The number of aromatic hydroxyl groups is 2. The van der Waals surface area contributed by atoms with Gasteiger partial charge in [-0.05, 0) is 44.1 Å². The van der Waals surface area contributed by atoms with Crippen LogP contribution in [0.4, 0.5) is 5.69 Å². The number of rotatable bonds is 22. The van der Waals surface area contributed by atoms with Gasteiger partial charge in [0.1, 0.15) is 0 Å². The lowest BCUT2D eigenvalue weighted by atomic mass is 9.87. The summed E-state index contributed by atoms with van der Waals surface area (Å²) >= 11 is 0. The van der Waals surface area contributed by atoms with Crippen molar-refractivity contribution in [2.24, 2.45) is 0 Å². The van der Waals surface area contributed by atoms with E-state index in [2.05, 4.69) is 20.8 Å². The van der Waals surface area contributed by atoms with Crippen molar-refractivity contribution in [2.45, 2.75) is 156 Å². The zero-order chi connectivity index (χ0) is 25.9. The summed E-state index contributed by atoms with van der Waals surface area (Å²) in [6, 6.07) is 0. The first kappa shape index (κ1) is 31.3. The number of nitro groups is 1. The first-order valence-electron chi connectivity index (χ1n) is 14.7. The van der Waals surface area contributed by atoms with Gasteiger partial charge in [0.05, 0.1) is 4.92 Å². The number of nitro benzene ring substituents is 1. The van der Waals surface area contributed by atoms with Crippen molar-refractivity contribution < 1.29 is 15.1 Å². The van der Waals surface area contributed by atoms with Crippen LogP contribution >= 0.6 is 0 Å². The van der Waals surface area contributed by atoms with E-state index >= 15 is 0 Å². The summed E-state index contributed by atoms with van der Waals surface area (Å²) in [5.74, 6) is -0.776. The van der Waals surface area contributed by atoms with E-state index in [0.29, 0.717) is 18.4 Å². The average molecular weight is 492 g/mol. The molecule has 5 nitrogen and oxygen atoms in total. The van der Waals surface area contributed by atoms with E-state index in [1.54, 1.807) is 0 Å². The Morgan fingerprint density at radius 2 is 0.857 bits per heavy atom. The summed E-state index contributed by atoms with van der Waals surface area (Å²) in [6.07, 6.45) is 22.5. The molecule has 0 atom stereocenters. The highest BCUT2D eigenvalue weighted by atomic mass is 16.6. The second-order valence-corrected chi connectivity index (χ2v) is 10.3. The van der Waals surface area contributed by atoms with Crippen LogP contribution in [-0.4, -0.2) is 15.1 Å². The van der Waals surface area contributed by atoms with Crippen molar-refractivity contribution in [3.63, 3.8) is 0 Å². The van der Waals surface area contributed by atoms with Gasteiger partial charge in [-0.15, -0.1) is 0 Å². The van der Waals surface area contributed by atoms with Crippen molar-refractivity contribution in [2.75, 3.05) is 0 Å². The molecule has 5 heteroatoms. The van der Waals surface area contributed by atoms with Crippen LogP contribution in [0.1, 0.15) is 153 Å². The van der Waals surface area contributed by atoms with Crippen molar-refractivity contribution in [1.29, 1.82) is 0 Å². The second kappa shape index (κ2) is 19.4. The fraction of sp³-hybridized carbons (Fsp3) is 0.800. The number of hydrogen-bond donors (Lipinski definition) is 2. The minimum Gasteiger partial charge on any atom is -0.504 e. The van der Waals surface area contributed by atoms with Gasteiger partial charge < -0.3 is 10.2 Å². The maximum atomic E-state index is 12.0. The molecule has 35 heavy (non-hydrogen) atoms. The second-order valence-electron chi connectivity index (χ2n) is 10.3. The van der Waals surface area contributed by atoms with Crippen molar-refractivity contribution in [3.05, 3.63) is 26.8 Å². The largest absolute Gasteiger partial charge is 0.504 e. The highest BCUT2D eigenvalue weighted by Crippen LogP contribution is 2.45. The molecule has 0 aromatic heterocycles. The molecule has 2 N–H and O–H groups in total. The molecule has 0 aliphatic carbocycles. The summed E-state index contributed by atoms with van der Waals surface area (Å²) in [5.41, 5.74) is 2.13. The lowest BCUT2D eigenvalue weighted by Gasteiger charge is -2.19. The molecule has 0 aliphatic heterocycles. The fourth-order valence-corrected chi connectivity index (χ4v) is 5.15. The number of phenols is 2. The first-order valence-corrected chi connectivity index (χ1v) is 14.7. The van der Waals surface area contributed by atoms with Crippen LogP contribution in [0.3, 0.4) is 0 Å². The SMILES string of the molecule is CCCCCCCCc1c(O)c(O)c([N+](=O)[O-])c(CCCCCCCC)c1CCCCCCCC. The quantitative estimate of drug-likeness (QED) is 0.0731. The van der Waals surface area contributed by atoms with Gasteiger partial charge in [0.25, 0.3) is 0 Å². The summed E-state index contributed by atoms with van der Waals surface area (Å²) in [4.78, 5) is 11.5. The third-order valence-electron chi connectivity index (χ3n) is 7.27. The van der Waals surface area contributed by atoms with E-state index in [-0.39, 0.29) is 11.4 Å². The molecule has 0 saturated heterocycles. The van der Waals surface area contributed by atoms with E-state index in [9.17, 15) is 20.3 Å². The van der Waals surface area contributed by atoms with E-state index in [0.717, 1.165) is 62.5 Å². The van der Waals surface area contributed by atoms with Crippen LogP contribution in [0.5, 0.6) is 11.5 Å². The molecule has 0 amide bonds. The smallest absolute Gasteiger partial charge is 0.318 e.